The zero-order chi connectivity index (χ0) is 12.6. The molecule has 0 bridgehead atoms. The highest BCUT2D eigenvalue weighted by atomic mass is 16.5. The van der Waals surface area contributed by atoms with E-state index in [1.165, 1.54) is 32.1 Å². The zero-order valence-corrected chi connectivity index (χ0v) is 11.2. The van der Waals surface area contributed by atoms with Gasteiger partial charge in [-0.2, -0.15) is 0 Å². The standard InChI is InChI=1S/C14H23N3O/c1-2-15-14-16-9-8-13(17-14)11-18-10-12-6-4-3-5-7-12/h8-9,12H,2-7,10-11H2,1H3,(H,15,16,17). The lowest BCUT2D eigenvalue weighted by molar-refractivity contribution is 0.0720. The van der Waals surface area contributed by atoms with E-state index in [4.69, 9.17) is 4.74 Å². The molecule has 1 aromatic heterocycles. The molecule has 4 heteroatoms. The van der Waals surface area contributed by atoms with E-state index in [-0.39, 0.29) is 0 Å². The Morgan fingerprint density at radius 2 is 2.17 bits per heavy atom. The third-order valence-electron chi connectivity index (χ3n) is 3.38. The molecule has 0 aromatic carbocycles. The molecule has 1 N–H and O–H groups in total. The summed E-state index contributed by atoms with van der Waals surface area (Å²) in [4.78, 5) is 8.55. The highest BCUT2D eigenvalue weighted by Gasteiger charge is 2.13. The number of anilines is 1. The molecule has 1 fully saturated rings. The van der Waals surface area contributed by atoms with E-state index < -0.39 is 0 Å². The van der Waals surface area contributed by atoms with Crippen molar-refractivity contribution in [3.8, 4) is 0 Å². The number of ether oxygens (including phenoxy) is 1. The van der Waals surface area contributed by atoms with Crippen molar-refractivity contribution in [3.63, 3.8) is 0 Å². The molecule has 0 saturated heterocycles. The van der Waals surface area contributed by atoms with Gasteiger partial charge in [-0.3, -0.25) is 0 Å². The number of hydrogen-bond donors (Lipinski definition) is 1. The molecule has 18 heavy (non-hydrogen) atoms. The summed E-state index contributed by atoms with van der Waals surface area (Å²) in [6.07, 6.45) is 8.57. The minimum absolute atomic E-state index is 0.595. The van der Waals surface area contributed by atoms with E-state index in [0.29, 0.717) is 12.6 Å². The summed E-state index contributed by atoms with van der Waals surface area (Å²) in [5, 5.41) is 3.11. The molecule has 1 heterocycles. The predicted octanol–water partition coefficient (Wildman–Crippen LogP) is 3.01. The van der Waals surface area contributed by atoms with Crippen molar-refractivity contribution < 1.29 is 4.74 Å². The molecule has 0 radical (unpaired) electrons. The third-order valence-corrected chi connectivity index (χ3v) is 3.38. The van der Waals surface area contributed by atoms with Crippen LogP contribution < -0.4 is 5.32 Å². The van der Waals surface area contributed by atoms with Crippen LogP contribution in [0.15, 0.2) is 12.3 Å². The Hall–Kier alpha value is -1.16. The lowest BCUT2D eigenvalue weighted by Gasteiger charge is -2.21. The third kappa shape index (κ3) is 4.26. The number of hydrogen-bond acceptors (Lipinski definition) is 4. The summed E-state index contributed by atoms with van der Waals surface area (Å²) < 4.78 is 5.77. The average Bonchev–Trinajstić information content (AvgIpc) is 2.41. The molecule has 100 valence electrons. The molecule has 1 aliphatic rings. The molecule has 0 atom stereocenters. The van der Waals surface area contributed by atoms with Crippen LogP contribution in [0, 0.1) is 5.92 Å². The number of rotatable bonds is 6. The first-order valence-corrected chi connectivity index (χ1v) is 7.02. The Labute approximate surface area is 109 Å². The van der Waals surface area contributed by atoms with Crippen molar-refractivity contribution in [3.05, 3.63) is 18.0 Å². The second-order valence-electron chi connectivity index (χ2n) is 4.92. The van der Waals surface area contributed by atoms with Gasteiger partial charge in [0.15, 0.2) is 0 Å². The quantitative estimate of drug-likeness (QED) is 0.842. The second kappa shape index (κ2) is 7.31. The summed E-state index contributed by atoms with van der Waals surface area (Å²) in [5.41, 5.74) is 0.955. The van der Waals surface area contributed by atoms with Gasteiger partial charge in [0.1, 0.15) is 0 Å². The van der Waals surface area contributed by atoms with Crippen molar-refractivity contribution in [2.24, 2.45) is 5.92 Å². The topological polar surface area (TPSA) is 47.0 Å². The van der Waals surface area contributed by atoms with Crippen LogP contribution >= 0.6 is 0 Å². The van der Waals surface area contributed by atoms with Gasteiger partial charge in [0.2, 0.25) is 5.95 Å². The molecule has 2 rings (SSSR count). The van der Waals surface area contributed by atoms with Crippen molar-refractivity contribution in [1.29, 1.82) is 0 Å². The monoisotopic (exact) mass is 249 g/mol. The summed E-state index contributed by atoms with van der Waals surface area (Å²) in [5.74, 6) is 1.45. The molecular weight excluding hydrogens is 226 g/mol. The highest BCUT2D eigenvalue weighted by molar-refractivity contribution is 5.24. The lowest BCUT2D eigenvalue weighted by atomic mass is 9.90. The van der Waals surface area contributed by atoms with Gasteiger partial charge < -0.3 is 10.1 Å². The van der Waals surface area contributed by atoms with Crippen LogP contribution in [0.1, 0.15) is 44.7 Å². The van der Waals surface area contributed by atoms with E-state index >= 15 is 0 Å². The maximum atomic E-state index is 5.77. The van der Waals surface area contributed by atoms with E-state index in [1.807, 2.05) is 13.0 Å². The Bertz CT molecular complexity index is 351. The molecule has 1 aliphatic carbocycles. The Morgan fingerprint density at radius 1 is 1.33 bits per heavy atom. The van der Waals surface area contributed by atoms with E-state index in [2.05, 4.69) is 15.3 Å². The minimum Gasteiger partial charge on any atom is -0.375 e. The molecule has 1 saturated carbocycles. The van der Waals surface area contributed by atoms with Gasteiger partial charge in [0.25, 0.3) is 0 Å². The number of nitrogens with zero attached hydrogens (tertiary/aromatic N) is 2. The van der Waals surface area contributed by atoms with Crippen molar-refractivity contribution in [2.75, 3.05) is 18.5 Å². The molecule has 0 amide bonds. The molecule has 0 spiro atoms. The summed E-state index contributed by atoms with van der Waals surface area (Å²) in [6, 6.07) is 1.92. The van der Waals surface area contributed by atoms with Gasteiger partial charge in [-0.25, -0.2) is 9.97 Å². The van der Waals surface area contributed by atoms with Gasteiger partial charge in [-0.15, -0.1) is 0 Å². The van der Waals surface area contributed by atoms with Crippen LogP contribution in [0.2, 0.25) is 0 Å². The minimum atomic E-state index is 0.595. The van der Waals surface area contributed by atoms with Crippen molar-refractivity contribution in [2.45, 2.75) is 45.6 Å². The maximum Gasteiger partial charge on any atom is 0.222 e. The molecule has 0 aliphatic heterocycles. The number of aromatic nitrogens is 2. The van der Waals surface area contributed by atoms with Crippen LogP contribution in [0.5, 0.6) is 0 Å². The average molecular weight is 249 g/mol. The van der Waals surface area contributed by atoms with Gasteiger partial charge >= 0.3 is 0 Å². The van der Waals surface area contributed by atoms with E-state index in [9.17, 15) is 0 Å². The SMILES string of the molecule is CCNc1nccc(COCC2CCCCC2)n1. The number of nitrogens with one attached hydrogen (secondary N) is 1. The van der Waals surface area contributed by atoms with Crippen LogP contribution in [0.4, 0.5) is 5.95 Å². The zero-order valence-electron chi connectivity index (χ0n) is 11.2. The lowest BCUT2D eigenvalue weighted by Crippen LogP contribution is -2.13. The fraction of sp³-hybridized carbons (Fsp3) is 0.714. The largest absolute Gasteiger partial charge is 0.375 e. The van der Waals surface area contributed by atoms with E-state index in [1.54, 1.807) is 6.20 Å². The maximum absolute atomic E-state index is 5.77. The molecule has 1 aromatic rings. The Kier molecular flexibility index (Phi) is 5.39. The summed E-state index contributed by atoms with van der Waals surface area (Å²) >= 11 is 0. The van der Waals surface area contributed by atoms with Gasteiger partial charge in [-0.1, -0.05) is 19.3 Å². The van der Waals surface area contributed by atoms with Crippen LogP contribution in [0.25, 0.3) is 0 Å². The van der Waals surface area contributed by atoms with Gasteiger partial charge in [-0.05, 0) is 31.7 Å². The molecular formula is C14H23N3O. The first kappa shape index (κ1) is 13.3. The Balaban J connectivity index is 1.73. The Morgan fingerprint density at radius 3 is 2.94 bits per heavy atom. The fourth-order valence-corrected chi connectivity index (χ4v) is 2.40. The van der Waals surface area contributed by atoms with Gasteiger partial charge in [0.05, 0.1) is 12.3 Å². The first-order chi connectivity index (χ1) is 8.88. The van der Waals surface area contributed by atoms with Crippen LogP contribution in [0.3, 0.4) is 0 Å². The molecule has 4 nitrogen and oxygen atoms in total. The van der Waals surface area contributed by atoms with Crippen LogP contribution in [-0.4, -0.2) is 23.1 Å². The van der Waals surface area contributed by atoms with Crippen molar-refractivity contribution >= 4 is 5.95 Å². The van der Waals surface area contributed by atoms with Crippen LogP contribution in [-0.2, 0) is 11.3 Å². The first-order valence-electron chi connectivity index (χ1n) is 7.02. The van der Waals surface area contributed by atoms with Gasteiger partial charge in [0, 0.05) is 19.3 Å². The second-order valence-corrected chi connectivity index (χ2v) is 4.92. The normalized spacial score (nSPS) is 16.7. The summed E-state index contributed by atoms with van der Waals surface area (Å²) in [6.45, 7) is 4.35. The fourth-order valence-electron chi connectivity index (χ4n) is 2.40. The van der Waals surface area contributed by atoms with E-state index in [0.717, 1.165) is 24.8 Å². The summed E-state index contributed by atoms with van der Waals surface area (Å²) in [7, 11) is 0. The smallest absolute Gasteiger partial charge is 0.222 e. The predicted molar refractivity (Wildman–Crippen MR) is 72.4 cm³/mol. The molecule has 0 unspecified atom stereocenters. The highest BCUT2D eigenvalue weighted by Crippen LogP contribution is 2.23. The van der Waals surface area contributed by atoms with Crippen molar-refractivity contribution in [1.82, 2.24) is 9.97 Å².